The highest BCUT2D eigenvalue weighted by Crippen LogP contribution is 2.06. The lowest BCUT2D eigenvalue weighted by molar-refractivity contribution is 0.157. The van der Waals surface area contributed by atoms with Gasteiger partial charge in [-0.05, 0) is 46.8 Å². The number of hydrogen-bond acceptors (Lipinski definition) is 1. The van der Waals surface area contributed by atoms with Crippen molar-refractivity contribution < 1.29 is 4.74 Å². The summed E-state index contributed by atoms with van der Waals surface area (Å²) in [5.41, 5.74) is 1.24. The molecule has 0 N–H and O–H groups in total. The first kappa shape index (κ1) is 12.0. The molecule has 74 valence electrons. The summed E-state index contributed by atoms with van der Waals surface area (Å²) in [7, 11) is 0. The summed E-state index contributed by atoms with van der Waals surface area (Å²) in [6, 6.07) is 0. The molecule has 0 spiro atoms. The molecule has 0 bridgehead atoms. The third-order valence-corrected chi connectivity index (χ3v) is 1.62. The maximum Gasteiger partial charge on any atom is 0.115 e. The lowest BCUT2D eigenvalue weighted by atomic mass is 10.2. The van der Waals surface area contributed by atoms with E-state index < -0.39 is 0 Å². The van der Waals surface area contributed by atoms with Gasteiger partial charge in [0.25, 0.3) is 0 Å². The summed E-state index contributed by atoms with van der Waals surface area (Å²) in [5, 5.41) is 0. The van der Waals surface area contributed by atoms with Crippen LogP contribution in [0.5, 0.6) is 0 Å². The molecule has 0 unspecified atom stereocenters. The summed E-state index contributed by atoms with van der Waals surface area (Å²) in [6.07, 6.45) is 8.33. The van der Waals surface area contributed by atoms with Gasteiger partial charge in [-0.25, -0.2) is 0 Å². The zero-order valence-electron chi connectivity index (χ0n) is 9.29. The quantitative estimate of drug-likeness (QED) is 0.472. The van der Waals surface area contributed by atoms with Crippen molar-refractivity contribution in [3.05, 3.63) is 35.6 Å². The summed E-state index contributed by atoms with van der Waals surface area (Å²) >= 11 is 0. The molecule has 0 fully saturated rings. The molecular formula is C12H20O. The van der Waals surface area contributed by atoms with E-state index in [1.807, 2.05) is 39.8 Å². The molecule has 0 aliphatic heterocycles. The maximum absolute atomic E-state index is 5.54. The molecule has 0 atom stereocenters. The molecule has 0 aliphatic rings. The van der Waals surface area contributed by atoms with E-state index in [2.05, 4.69) is 19.1 Å². The maximum atomic E-state index is 5.54. The van der Waals surface area contributed by atoms with Crippen molar-refractivity contribution in [1.29, 1.82) is 0 Å². The molecule has 0 heterocycles. The van der Waals surface area contributed by atoms with Crippen LogP contribution in [0.25, 0.3) is 0 Å². The van der Waals surface area contributed by atoms with Gasteiger partial charge in [-0.15, -0.1) is 0 Å². The van der Waals surface area contributed by atoms with Gasteiger partial charge >= 0.3 is 0 Å². The SMILES string of the molecule is C\C=C(C)/C=C\C(=C/C)OC(C)C. The number of allylic oxidation sites excluding steroid dienone is 5. The van der Waals surface area contributed by atoms with E-state index in [4.69, 9.17) is 4.74 Å². The molecular weight excluding hydrogens is 160 g/mol. The fourth-order valence-corrected chi connectivity index (χ4v) is 0.786. The topological polar surface area (TPSA) is 9.23 Å². The molecule has 0 rings (SSSR count). The van der Waals surface area contributed by atoms with Crippen molar-refractivity contribution in [2.45, 2.75) is 40.7 Å². The van der Waals surface area contributed by atoms with Crippen LogP contribution in [0, 0.1) is 0 Å². The fraction of sp³-hybridized carbons (Fsp3) is 0.500. The molecule has 1 heteroatoms. The van der Waals surface area contributed by atoms with Crippen molar-refractivity contribution in [3.63, 3.8) is 0 Å². The van der Waals surface area contributed by atoms with Gasteiger partial charge < -0.3 is 4.74 Å². The molecule has 0 saturated carbocycles. The van der Waals surface area contributed by atoms with Crippen molar-refractivity contribution in [3.8, 4) is 0 Å². The van der Waals surface area contributed by atoms with Gasteiger partial charge in [0.15, 0.2) is 0 Å². The van der Waals surface area contributed by atoms with E-state index in [9.17, 15) is 0 Å². The second-order valence-corrected chi connectivity index (χ2v) is 3.22. The van der Waals surface area contributed by atoms with Gasteiger partial charge in [-0.1, -0.05) is 17.7 Å². The summed E-state index contributed by atoms with van der Waals surface area (Å²) < 4.78 is 5.54. The Bertz CT molecular complexity index is 219. The molecule has 0 saturated heterocycles. The number of rotatable bonds is 4. The second kappa shape index (κ2) is 6.53. The lowest BCUT2D eigenvalue weighted by Gasteiger charge is -2.09. The van der Waals surface area contributed by atoms with Gasteiger partial charge in [0, 0.05) is 0 Å². The Hall–Kier alpha value is -0.980. The predicted molar refractivity (Wildman–Crippen MR) is 58.5 cm³/mol. The average molecular weight is 180 g/mol. The van der Waals surface area contributed by atoms with Crippen LogP contribution in [-0.2, 0) is 4.74 Å². The third kappa shape index (κ3) is 6.21. The second-order valence-electron chi connectivity index (χ2n) is 3.22. The Morgan fingerprint density at radius 1 is 1.08 bits per heavy atom. The van der Waals surface area contributed by atoms with Crippen LogP contribution in [0.2, 0.25) is 0 Å². The van der Waals surface area contributed by atoms with Crippen LogP contribution in [0.1, 0.15) is 34.6 Å². The Balaban J connectivity index is 4.23. The highest BCUT2D eigenvalue weighted by atomic mass is 16.5. The van der Waals surface area contributed by atoms with Gasteiger partial charge in [0.1, 0.15) is 5.76 Å². The van der Waals surface area contributed by atoms with Crippen molar-refractivity contribution >= 4 is 0 Å². The molecule has 0 aromatic carbocycles. The normalized spacial score (nSPS) is 14.3. The van der Waals surface area contributed by atoms with Crippen LogP contribution in [-0.4, -0.2) is 6.10 Å². The molecule has 0 aliphatic carbocycles. The van der Waals surface area contributed by atoms with Crippen LogP contribution < -0.4 is 0 Å². The predicted octanol–water partition coefficient (Wildman–Crippen LogP) is 3.84. The Morgan fingerprint density at radius 3 is 2.08 bits per heavy atom. The van der Waals surface area contributed by atoms with E-state index in [0.29, 0.717) is 0 Å². The monoisotopic (exact) mass is 180 g/mol. The first-order valence-electron chi connectivity index (χ1n) is 4.74. The van der Waals surface area contributed by atoms with Gasteiger partial charge in [0.2, 0.25) is 0 Å². The summed E-state index contributed by atoms with van der Waals surface area (Å²) in [5.74, 6) is 0.927. The van der Waals surface area contributed by atoms with Crippen LogP contribution in [0.15, 0.2) is 35.6 Å². The standard InChI is InChI=1S/C12H20O/c1-6-11(5)8-9-12(7-2)13-10(3)4/h6-10H,1-5H3/b9-8-,11-6-,12-7+. The Morgan fingerprint density at radius 2 is 1.69 bits per heavy atom. The minimum Gasteiger partial charge on any atom is -0.491 e. The minimum absolute atomic E-state index is 0.238. The van der Waals surface area contributed by atoms with Crippen LogP contribution in [0.3, 0.4) is 0 Å². The van der Waals surface area contributed by atoms with E-state index in [1.165, 1.54) is 5.57 Å². The smallest absolute Gasteiger partial charge is 0.115 e. The van der Waals surface area contributed by atoms with E-state index in [-0.39, 0.29) is 6.10 Å². The lowest BCUT2D eigenvalue weighted by Crippen LogP contribution is -2.00. The summed E-state index contributed by atoms with van der Waals surface area (Å²) in [6.45, 7) is 10.1. The Kier molecular flexibility index (Phi) is 6.03. The largest absolute Gasteiger partial charge is 0.491 e. The van der Waals surface area contributed by atoms with Crippen molar-refractivity contribution in [2.75, 3.05) is 0 Å². The average Bonchev–Trinajstić information content (AvgIpc) is 2.10. The first-order chi connectivity index (χ1) is 6.10. The molecule has 13 heavy (non-hydrogen) atoms. The molecule has 0 aromatic rings. The van der Waals surface area contributed by atoms with Gasteiger partial charge in [-0.2, -0.15) is 0 Å². The van der Waals surface area contributed by atoms with E-state index >= 15 is 0 Å². The zero-order chi connectivity index (χ0) is 10.3. The summed E-state index contributed by atoms with van der Waals surface area (Å²) in [4.78, 5) is 0. The molecule has 0 radical (unpaired) electrons. The Labute approximate surface area is 81.8 Å². The van der Waals surface area contributed by atoms with Gasteiger partial charge in [0.05, 0.1) is 6.10 Å². The molecule has 0 amide bonds. The van der Waals surface area contributed by atoms with Crippen molar-refractivity contribution in [1.82, 2.24) is 0 Å². The first-order valence-corrected chi connectivity index (χ1v) is 4.74. The number of ether oxygens (including phenoxy) is 1. The minimum atomic E-state index is 0.238. The molecule has 1 nitrogen and oxygen atoms in total. The van der Waals surface area contributed by atoms with Crippen molar-refractivity contribution in [2.24, 2.45) is 0 Å². The molecule has 0 aromatic heterocycles. The fourth-order valence-electron chi connectivity index (χ4n) is 0.786. The van der Waals surface area contributed by atoms with Crippen LogP contribution >= 0.6 is 0 Å². The van der Waals surface area contributed by atoms with Crippen LogP contribution in [0.4, 0.5) is 0 Å². The highest BCUT2D eigenvalue weighted by Gasteiger charge is 1.94. The number of hydrogen-bond donors (Lipinski definition) is 0. The van der Waals surface area contributed by atoms with E-state index in [1.54, 1.807) is 0 Å². The zero-order valence-corrected chi connectivity index (χ0v) is 9.29. The van der Waals surface area contributed by atoms with E-state index in [0.717, 1.165) is 5.76 Å². The third-order valence-electron chi connectivity index (χ3n) is 1.62. The highest BCUT2D eigenvalue weighted by molar-refractivity contribution is 5.22. The van der Waals surface area contributed by atoms with Gasteiger partial charge in [-0.3, -0.25) is 0 Å².